The summed E-state index contributed by atoms with van der Waals surface area (Å²) in [6.07, 6.45) is 1.81. The summed E-state index contributed by atoms with van der Waals surface area (Å²) in [5.41, 5.74) is 5.29. The summed E-state index contributed by atoms with van der Waals surface area (Å²) in [7, 11) is 1.65. The Morgan fingerprint density at radius 1 is 1.70 bits per heavy atom. The van der Waals surface area contributed by atoms with Gasteiger partial charge in [0.1, 0.15) is 0 Å². The average Bonchev–Trinajstić information content (AvgIpc) is 1.98. The van der Waals surface area contributed by atoms with Crippen LogP contribution in [-0.4, -0.2) is 19.5 Å². The molecule has 10 heavy (non-hydrogen) atoms. The van der Waals surface area contributed by atoms with Crippen molar-refractivity contribution < 1.29 is 4.79 Å². The normalized spacial score (nSPS) is 12.7. The van der Waals surface area contributed by atoms with Crippen molar-refractivity contribution in [2.45, 2.75) is 19.8 Å². The molecule has 3 heteroatoms. The molecule has 3 nitrogen and oxygen atoms in total. The maximum Gasteiger partial charge on any atom is 0.222 e. The SMILES string of the molecule is CNC(=O)C(C)CCCN. The maximum absolute atomic E-state index is 10.9. The van der Waals surface area contributed by atoms with Crippen molar-refractivity contribution in [2.24, 2.45) is 11.7 Å². The second-order valence-electron chi connectivity index (χ2n) is 2.45. The van der Waals surface area contributed by atoms with Gasteiger partial charge in [-0.15, -0.1) is 0 Å². The van der Waals surface area contributed by atoms with Crippen LogP contribution in [0.1, 0.15) is 19.8 Å². The lowest BCUT2D eigenvalue weighted by Gasteiger charge is -2.07. The van der Waals surface area contributed by atoms with Gasteiger partial charge in [-0.25, -0.2) is 0 Å². The molecule has 0 heterocycles. The van der Waals surface area contributed by atoms with Gasteiger partial charge in [-0.1, -0.05) is 6.92 Å². The molecule has 0 aliphatic heterocycles. The van der Waals surface area contributed by atoms with Gasteiger partial charge in [0.05, 0.1) is 0 Å². The number of nitrogens with one attached hydrogen (secondary N) is 1. The molecule has 0 bridgehead atoms. The van der Waals surface area contributed by atoms with Crippen molar-refractivity contribution >= 4 is 5.91 Å². The zero-order chi connectivity index (χ0) is 7.98. The molecule has 1 atom stereocenters. The first-order valence-corrected chi connectivity index (χ1v) is 3.64. The minimum Gasteiger partial charge on any atom is -0.359 e. The Kier molecular flexibility index (Phi) is 4.94. The van der Waals surface area contributed by atoms with Crippen molar-refractivity contribution in [1.82, 2.24) is 5.32 Å². The molecule has 1 unspecified atom stereocenters. The molecule has 0 rings (SSSR count). The van der Waals surface area contributed by atoms with Gasteiger partial charge in [-0.2, -0.15) is 0 Å². The van der Waals surface area contributed by atoms with E-state index in [0.717, 1.165) is 12.8 Å². The van der Waals surface area contributed by atoms with Crippen LogP contribution in [0.5, 0.6) is 0 Å². The Bertz CT molecular complexity index is 104. The van der Waals surface area contributed by atoms with E-state index in [1.807, 2.05) is 6.92 Å². The van der Waals surface area contributed by atoms with Crippen LogP contribution < -0.4 is 11.1 Å². The lowest BCUT2D eigenvalue weighted by Crippen LogP contribution is -2.25. The summed E-state index contributed by atoms with van der Waals surface area (Å²) in [5, 5.41) is 2.59. The van der Waals surface area contributed by atoms with E-state index in [1.54, 1.807) is 7.05 Å². The minimum atomic E-state index is 0.105. The van der Waals surface area contributed by atoms with Crippen LogP contribution >= 0.6 is 0 Å². The van der Waals surface area contributed by atoms with E-state index < -0.39 is 0 Å². The zero-order valence-electron chi connectivity index (χ0n) is 6.68. The van der Waals surface area contributed by atoms with Crippen LogP contribution in [0.15, 0.2) is 0 Å². The number of hydrogen-bond donors (Lipinski definition) is 2. The van der Waals surface area contributed by atoms with E-state index in [2.05, 4.69) is 5.32 Å². The highest BCUT2D eigenvalue weighted by Crippen LogP contribution is 2.03. The van der Waals surface area contributed by atoms with Crippen LogP contribution in [0, 0.1) is 5.92 Å². The van der Waals surface area contributed by atoms with Crippen LogP contribution in [0.2, 0.25) is 0 Å². The molecule has 0 aliphatic rings. The molecule has 0 aliphatic carbocycles. The van der Waals surface area contributed by atoms with E-state index in [0.29, 0.717) is 6.54 Å². The fourth-order valence-corrected chi connectivity index (χ4v) is 0.802. The molecule has 0 spiro atoms. The zero-order valence-corrected chi connectivity index (χ0v) is 6.68. The molecule has 0 aromatic carbocycles. The fraction of sp³-hybridized carbons (Fsp3) is 0.857. The monoisotopic (exact) mass is 144 g/mol. The van der Waals surface area contributed by atoms with Crippen LogP contribution in [0.4, 0.5) is 0 Å². The molecule has 0 aromatic rings. The Morgan fingerprint density at radius 3 is 2.70 bits per heavy atom. The molecule has 3 N–H and O–H groups in total. The number of amides is 1. The molecule has 1 amide bonds. The summed E-state index contributed by atoms with van der Waals surface area (Å²) < 4.78 is 0. The van der Waals surface area contributed by atoms with E-state index in [-0.39, 0.29) is 11.8 Å². The largest absolute Gasteiger partial charge is 0.359 e. The van der Waals surface area contributed by atoms with E-state index in [1.165, 1.54) is 0 Å². The fourth-order valence-electron chi connectivity index (χ4n) is 0.802. The number of carbonyl (C=O) groups excluding carboxylic acids is 1. The number of carbonyl (C=O) groups is 1. The van der Waals surface area contributed by atoms with Crippen molar-refractivity contribution in [3.8, 4) is 0 Å². The van der Waals surface area contributed by atoms with Crippen LogP contribution in [-0.2, 0) is 4.79 Å². The van der Waals surface area contributed by atoms with Gasteiger partial charge in [-0.3, -0.25) is 4.79 Å². The first-order chi connectivity index (χ1) is 4.72. The van der Waals surface area contributed by atoms with Crippen LogP contribution in [0.25, 0.3) is 0 Å². The lowest BCUT2D eigenvalue weighted by molar-refractivity contribution is -0.124. The minimum absolute atomic E-state index is 0.105. The third kappa shape index (κ3) is 3.45. The molecule has 0 saturated carbocycles. The van der Waals surface area contributed by atoms with E-state index in [4.69, 9.17) is 5.73 Å². The predicted octanol–water partition coefficient (Wildman–Crippen LogP) is 0.107. The van der Waals surface area contributed by atoms with Crippen molar-refractivity contribution in [2.75, 3.05) is 13.6 Å². The first kappa shape index (κ1) is 9.43. The third-order valence-corrected chi connectivity index (χ3v) is 1.54. The Labute approximate surface area is 62.0 Å². The number of hydrogen-bond acceptors (Lipinski definition) is 2. The van der Waals surface area contributed by atoms with Crippen molar-refractivity contribution in [3.63, 3.8) is 0 Å². The first-order valence-electron chi connectivity index (χ1n) is 3.64. The molecule has 0 fully saturated rings. The van der Waals surface area contributed by atoms with Gasteiger partial charge < -0.3 is 11.1 Å². The highest BCUT2D eigenvalue weighted by atomic mass is 16.1. The smallest absolute Gasteiger partial charge is 0.222 e. The molecule has 0 radical (unpaired) electrons. The molecular weight excluding hydrogens is 128 g/mol. The molecule has 60 valence electrons. The van der Waals surface area contributed by atoms with Gasteiger partial charge in [0.15, 0.2) is 0 Å². The van der Waals surface area contributed by atoms with Gasteiger partial charge in [0.25, 0.3) is 0 Å². The lowest BCUT2D eigenvalue weighted by atomic mass is 10.1. The summed E-state index contributed by atoms with van der Waals surface area (Å²) in [4.78, 5) is 10.9. The Balaban J connectivity index is 3.41. The number of rotatable bonds is 4. The quantitative estimate of drug-likeness (QED) is 0.588. The molecular formula is C7H16N2O. The van der Waals surface area contributed by atoms with Gasteiger partial charge >= 0.3 is 0 Å². The van der Waals surface area contributed by atoms with Crippen molar-refractivity contribution in [1.29, 1.82) is 0 Å². The van der Waals surface area contributed by atoms with Crippen molar-refractivity contribution in [3.05, 3.63) is 0 Å². The standard InChI is InChI=1S/C7H16N2O/c1-6(4-3-5-8)7(10)9-2/h6H,3-5,8H2,1-2H3,(H,9,10). The third-order valence-electron chi connectivity index (χ3n) is 1.54. The van der Waals surface area contributed by atoms with Gasteiger partial charge in [-0.05, 0) is 19.4 Å². The predicted molar refractivity (Wildman–Crippen MR) is 41.5 cm³/mol. The topological polar surface area (TPSA) is 55.1 Å². The maximum atomic E-state index is 10.9. The highest BCUT2D eigenvalue weighted by Gasteiger charge is 2.08. The van der Waals surface area contributed by atoms with E-state index in [9.17, 15) is 4.79 Å². The van der Waals surface area contributed by atoms with Gasteiger partial charge in [0.2, 0.25) is 5.91 Å². The molecule has 0 aromatic heterocycles. The second kappa shape index (κ2) is 5.23. The second-order valence-corrected chi connectivity index (χ2v) is 2.45. The summed E-state index contributed by atoms with van der Waals surface area (Å²) in [6.45, 7) is 2.58. The number of nitrogens with two attached hydrogens (primary N) is 1. The Morgan fingerprint density at radius 2 is 2.30 bits per heavy atom. The molecule has 0 saturated heterocycles. The van der Waals surface area contributed by atoms with Gasteiger partial charge in [0, 0.05) is 13.0 Å². The summed E-state index contributed by atoms with van der Waals surface area (Å²) >= 11 is 0. The van der Waals surface area contributed by atoms with E-state index >= 15 is 0 Å². The summed E-state index contributed by atoms with van der Waals surface area (Å²) in [6, 6.07) is 0. The average molecular weight is 144 g/mol. The van der Waals surface area contributed by atoms with Crippen LogP contribution in [0.3, 0.4) is 0 Å². The Hall–Kier alpha value is -0.570. The summed E-state index contributed by atoms with van der Waals surface area (Å²) in [5.74, 6) is 0.210. The highest BCUT2D eigenvalue weighted by molar-refractivity contribution is 5.77.